The molecule has 0 aliphatic carbocycles. The van der Waals surface area contributed by atoms with Crippen LogP contribution in [0.2, 0.25) is 0 Å². The van der Waals surface area contributed by atoms with Gasteiger partial charge < -0.3 is 24.3 Å². The van der Waals surface area contributed by atoms with Crippen molar-refractivity contribution in [1.29, 1.82) is 0 Å². The minimum absolute atomic E-state index is 0.153. The molecule has 0 heterocycles. The lowest BCUT2D eigenvalue weighted by atomic mass is 10.0. The van der Waals surface area contributed by atoms with Gasteiger partial charge >= 0.3 is 21.6 Å². The van der Waals surface area contributed by atoms with Crippen molar-refractivity contribution in [2.24, 2.45) is 0 Å². The van der Waals surface area contributed by atoms with E-state index in [0.29, 0.717) is 6.42 Å². The Morgan fingerprint density at radius 1 is 0.629 bits per heavy atom. The van der Waals surface area contributed by atoms with Crippen molar-refractivity contribution < 1.29 is 47.3 Å². The lowest BCUT2D eigenvalue weighted by Gasteiger charge is -2.18. The number of hydrogen-bond acceptors (Lipinski definition) is 6. The zero-order valence-corrected chi connectivity index (χ0v) is 23.1. The predicted molar refractivity (Wildman–Crippen MR) is 135 cm³/mol. The summed E-state index contributed by atoms with van der Waals surface area (Å²) in [5.41, 5.74) is 0. The first kappa shape index (κ1) is 34.7. The fourth-order valence-electron chi connectivity index (χ4n) is 3.74. The van der Waals surface area contributed by atoms with Gasteiger partial charge in [-0.15, -0.1) is 0 Å². The maximum atomic E-state index is 11.8. The van der Waals surface area contributed by atoms with E-state index in [0.717, 1.165) is 19.3 Å². The molecule has 0 amide bonds. The second-order valence-electron chi connectivity index (χ2n) is 9.09. The molecular formula is C23H48O10P2. The topological polar surface area (TPSA) is 160 Å². The molecule has 0 aliphatic rings. The minimum Gasteiger partial charge on any atom is -0.463 e. The fourth-order valence-corrected chi connectivity index (χ4v) is 4.61. The van der Waals surface area contributed by atoms with Crippen LogP contribution in [0.4, 0.5) is 0 Å². The van der Waals surface area contributed by atoms with Gasteiger partial charge in [0.2, 0.25) is 0 Å². The SMILES string of the molecule is CCCCCCCCCCCCCCCCCCCC(=O)OCC(COP(=O)(O)O)OP(=O)(O)O. The molecule has 4 N–H and O–H groups in total. The molecule has 0 aromatic rings. The van der Waals surface area contributed by atoms with Gasteiger partial charge in [-0.05, 0) is 6.42 Å². The normalized spacial score (nSPS) is 13.2. The Morgan fingerprint density at radius 3 is 1.40 bits per heavy atom. The van der Waals surface area contributed by atoms with Crippen molar-refractivity contribution in [3.05, 3.63) is 0 Å². The summed E-state index contributed by atoms with van der Waals surface area (Å²) < 4.78 is 35.1. The van der Waals surface area contributed by atoms with Gasteiger partial charge in [0.15, 0.2) is 0 Å². The third kappa shape index (κ3) is 28.1. The van der Waals surface area contributed by atoms with Gasteiger partial charge in [0.05, 0.1) is 6.61 Å². The van der Waals surface area contributed by atoms with Crippen molar-refractivity contribution in [3.8, 4) is 0 Å². The lowest BCUT2D eigenvalue weighted by Crippen LogP contribution is -2.26. The van der Waals surface area contributed by atoms with Gasteiger partial charge in [0, 0.05) is 6.42 Å². The van der Waals surface area contributed by atoms with E-state index >= 15 is 0 Å². The predicted octanol–water partition coefficient (Wildman–Crippen LogP) is 6.16. The van der Waals surface area contributed by atoms with E-state index in [1.54, 1.807) is 0 Å². The van der Waals surface area contributed by atoms with Crippen molar-refractivity contribution in [3.63, 3.8) is 0 Å². The maximum Gasteiger partial charge on any atom is 0.470 e. The van der Waals surface area contributed by atoms with Crippen molar-refractivity contribution in [2.75, 3.05) is 13.2 Å². The number of esters is 1. The number of rotatable bonds is 25. The van der Waals surface area contributed by atoms with E-state index in [-0.39, 0.29) is 6.42 Å². The van der Waals surface area contributed by atoms with E-state index in [1.807, 2.05) is 0 Å². The first-order valence-corrected chi connectivity index (χ1v) is 16.2. The van der Waals surface area contributed by atoms with Crippen molar-refractivity contribution in [1.82, 2.24) is 0 Å². The molecule has 0 aromatic carbocycles. The molecule has 0 aliphatic heterocycles. The van der Waals surface area contributed by atoms with Gasteiger partial charge in [-0.1, -0.05) is 110 Å². The number of carbonyl (C=O) groups excluding carboxylic acids is 1. The molecule has 1 unspecified atom stereocenters. The van der Waals surface area contributed by atoms with Crippen LogP contribution in [0.15, 0.2) is 0 Å². The standard InChI is InChI=1S/C23H48O10P2/c1-2-3-4-5-6-7-8-9-10-11-12-13-14-15-16-17-18-19-23(24)31-20-22(33-35(28,29)30)21-32-34(25,26)27/h22H,2-21H2,1H3,(H2,25,26,27)(H2,28,29,30). The molecule has 0 spiro atoms. The second kappa shape index (κ2) is 21.7. The fraction of sp³-hybridized carbons (Fsp3) is 0.957. The van der Waals surface area contributed by atoms with Gasteiger partial charge in [0.25, 0.3) is 0 Å². The summed E-state index contributed by atoms with van der Waals surface area (Å²) in [5.74, 6) is -0.568. The van der Waals surface area contributed by atoms with Gasteiger partial charge in [-0.25, -0.2) is 9.13 Å². The highest BCUT2D eigenvalue weighted by molar-refractivity contribution is 7.46. The third-order valence-electron chi connectivity index (χ3n) is 5.63. The average Bonchev–Trinajstić information content (AvgIpc) is 2.76. The summed E-state index contributed by atoms with van der Waals surface area (Å²) in [4.78, 5) is 46.9. The van der Waals surface area contributed by atoms with Crippen LogP contribution in [-0.2, 0) is 27.7 Å². The first-order valence-electron chi connectivity index (χ1n) is 13.1. The number of unbranched alkanes of at least 4 members (excludes halogenated alkanes) is 16. The second-order valence-corrected chi connectivity index (χ2v) is 11.5. The minimum atomic E-state index is -4.94. The summed E-state index contributed by atoms with van der Waals surface area (Å²) in [5, 5.41) is 0. The Labute approximate surface area is 211 Å². The van der Waals surface area contributed by atoms with E-state index in [2.05, 4.69) is 16.0 Å². The number of ether oxygens (including phenoxy) is 1. The third-order valence-corrected chi connectivity index (χ3v) is 6.69. The van der Waals surface area contributed by atoms with Gasteiger partial charge in [-0.3, -0.25) is 13.8 Å². The van der Waals surface area contributed by atoms with Crippen LogP contribution in [0.5, 0.6) is 0 Å². The Bertz CT molecular complexity index is 605. The van der Waals surface area contributed by atoms with Crippen LogP contribution in [-0.4, -0.2) is 44.9 Å². The lowest BCUT2D eigenvalue weighted by molar-refractivity contribution is -0.147. The van der Waals surface area contributed by atoms with Crippen LogP contribution in [0.3, 0.4) is 0 Å². The highest BCUT2D eigenvalue weighted by Gasteiger charge is 2.27. The average molecular weight is 547 g/mol. The van der Waals surface area contributed by atoms with Gasteiger partial charge in [0.1, 0.15) is 12.7 Å². The maximum absolute atomic E-state index is 11.8. The van der Waals surface area contributed by atoms with Crippen LogP contribution in [0.1, 0.15) is 122 Å². The van der Waals surface area contributed by atoms with Gasteiger partial charge in [-0.2, -0.15) is 0 Å². The summed E-state index contributed by atoms with van der Waals surface area (Å²) in [6.45, 7) is 0.836. The first-order chi connectivity index (χ1) is 16.5. The highest BCUT2D eigenvalue weighted by Crippen LogP contribution is 2.40. The largest absolute Gasteiger partial charge is 0.470 e. The molecule has 0 radical (unpaired) electrons. The molecule has 0 rings (SSSR count). The molecule has 0 saturated heterocycles. The number of carbonyl (C=O) groups is 1. The Balaban J connectivity index is 3.61. The quantitative estimate of drug-likeness (QED) is 0.0593. The van der Waals surface area contributed by atoms with E-state index in [4.69, 9.17) is 24.3 Å². The van der Waals surface area contributed by atoms with E-state index in [9.17, 15) is 13.9 Å². The molecule has 0 bridgehead atoms. The summed E-state index contributed by atoms with van der Waals surface area (Å²) in [6.07, 6.45) is 19.7. The molecule has 210 valence electrons. The Morgan fingerprint density at radius 2 is 1.03 bits per heavy atom. The molecule has 10 nitrogen and oxygen atoms in total. The van der Waals surface area contributed by atoms with E-state index in [1.165, 1.54) is 83.5 Å². The smallest absolute Gasteiger partial charge is 0.463 e. The van der Waals surface area contributed by atoms with Crippen LogP contribution in [0.25, 0.3) is 0 Å². The zero-order chi connectivity index (χ0) is 26.4. The molecule has 0 saturated carbocycles. The number of phosphoric acid groups is 2. The van der Waals surface area contributed by atoms with Crippen molar-refractivity contribution in [2.45, 2.75) is 129 Å². The van der Waals surface area contributed by atoms with E-state index < -0.39 is 40.9 Å². The van der Waals surface area contributed by atoms with Crippen LogP contribution >= 0.6 is 15.6 Å². The Kier molecular flexibility index (Phi) is 21.6. The number of phosphoric ester groups is 2. The molecular weight excluding hydrogens is 498 g/mol. The molecule has 0 fully saturated rings. The zero-order valence-electron chi connectivity index (χ0n) is 21.4. The Hall–Kier alpha value is -0.310. The summed E-state index contributed by atoms with van der Waals surface area (Å²) in [7, 11) is -9.80. The molecule has 0 aromatic heterocycles. The van der Waals surface area contributed by atoms with Crippen molar-refractivity contribution >= 4 is 21.6 Å². The number of hydrogen-bond donors (Lipinski definition) is 4. The summed E-state index contributed by atoms with van der Waals surface area (Å²) >= 11 is 0. The molecule has 12 heteroatoms. The van der Waals surface area contributed by atoms with Crippen LogP contribution in [0, 0.1) is 0 Å². The highest BCUT2D eigenvalue weighted by atomic mass is 31.2. The van der Waals surface area contributed by atoms with Crippen LogP contribution < -0.4 is 0 Å². The molecule has 1 atom stereocenters. The molecule has 35 heavy (non-hydrogen) atoms. The summed E-state index contributed by atoms with van der Waals surface area (Å²) in [6, 6.07) is 0. The monoisotopic (exact) mass is 546 g/mol.